The summed E-state index contributed by atoms with van der Waals surface area (Å²) in [6, 6.07) is 0. The molecule has 0 amide bonds. The van der Waals surface area contributed by atoms with Crippen molar-refractivity contribution in [2.75, 3.05) is 72.2 Å². The highest BCUT2D eigenvalue weighted by Gasteiger charge is 2.39. The maximum atomic E-state index is 6.00. The molecule has 0 aromatic rings. The third-order valence-electron chi connectivity index (χ3n) is 6.42. The lowest BCUT2D eigenvalue weighted by Crippen LogP contribution is -2.54. The number of nitrogens with zero attached hydrogens (tertiary/aromatic N) is 3. The first-order chi connectivity index (χ1) is 14.1. The van der Waals surface area contributed by atoms with Crippen LogP contribution in [0.25, 0.3) is 0 Å². The Morgan fingerprint density at radius 1 is 1.10 bits per heavy atom. The Labute approximate surface area is 200 Å². The average Bonchev–Trinajstić information content (AvgIpc) is 3.26. The number of likely N-dealkylation sites (tertiary alicyclic amines) is 1. The minimum atomic E-state index is 0. The molecule has 3 rings (SSSR count). The van der Waals surface area contributed by atoms with Crippen molar-refractivity contribution in [3.05, 3.63) is 0 Å². The number of ether oxygens (including phenoxy) is 2. The predicted octanol–water partition coefficient (Wildman–Crippen LogP) is 2.16. The molecule has 3 aliphatic rings. The number of nitrogens with one attached hydrogen (secondary N) is 2. The zero-order chi connectivity index (χ0) is 20.5. The highest BCUT2D eigenvalue weighted by atomic mass is 127. The second-order valence-electron chi connectivity index (χ2n) is 9.25. The van der Waals surface area contributed by atoms with Gasteiger partial charge in [-0.2, -0.15) is 0 Å². The molecular weight excluding hydrogens is 493 g/mol. The van der Waals surface area contributed by atoms with Gasteiger partial charge in [0.25, 0.3) is 0 Å². The molecule has 3 fully saturated rings. The summed E-state index contributed by atoms with van der Waals surface area (Å²) >= 11 is 0. The van der Waals surface area contributed by atoms with Crippen LogP contribution in [-0.2, 0) is 9.47 Å². The van der Waals surface area contributed by atoms with Crippen LogP contribution < -0.4 is 10.6 Å². The molecule has 176 valence electrons. The highest BCUT2D eigenvalue weighted by Crippen LogP contribution is 2.31. The lowest BCUT2D eigenvalue weighted by atomic mass is 9.88. The van der Waals surface area contributed by atoms with Gasteiger partial charge in [0.15, 0.2) is 5.96 Å². The molecule has 1 atom stereocenters. The summed E-state index contributed by atoms with van der Waals surface area (Å²) in [6.45, 7) is 17.4. The van der Waals surface area contributed by atoms with E-state index in [0.717, 1.165) is 77.9 Å². The molecule has 0 aromatic carbocycles. The van der Waals surface area contributed by atoms with E-state index < -0.39 is 0 Å². The molecule has 0 spiro atoms. The molecule has 7 nitrogen and oxygen atoms in total. The van der Waals surface area contributed by atoms with Gasteiger partial charge in [-0.3, -0.25) is 14.8 Å². The lowest BCUT2D eigenvalue weighted by molar-refractivity contribution is -0.0285. The van der Waals surface area contributed by atoms with Crippen LogP contribution >= 0.6 is 24.0 Å². The van der Waals surface area contributed by atoms with Crippen LogP contribution in [0.3, 0.4) is 0 Å². The smallest absolute Gasteiger partial charge is 0.191 e. The Morgan fingerprint density at radius 3 is 2.50 bits per heavy atom. The minimum Gasteiger partial charge on any atom is -0.381 e. The predicted molar refractivity (Wildman–Crippen MR) is 134 cm³/mol. The summed E-state index contributed by atoms with van der Waals surface area (Å²) in [5.74, 6) is 1.61. The molecule has 1 unspecified atom stereocenters. The van der Waals surface area contributed by atoms with E-state index in [1.807, 2.05) is 0 Å². The van der Waals surface area contributed by atoms with E-state index in [-0.39, 0.29) is 35.6 Å². The summed E-state index contributed by atoms with van der Waals surface area (Å²) in [6.07, 6.45) is 5.03. The first-order valence-electron chi connectivity index (χ1n) is 11.8. The van der Waals surface area contributed by atoms with Crippen molar-refractivity contribution < 1.29 is 9.47 Å². The lowest BCUT2D eigenvalue weighted by Gasteiger charge is -2.43. The zero-order valence-corrected chi connectivity index (χ0v) is 21.7. The van der Waals surface area contributed by atoms with Crippen molar-refractivity contribution in [3.8, 4) is 0 Å². The molecule has 0 bridgehead atoms. The summed E-state index contributed by atoms with van der Waals surface area (Å²) in [7, 11) is 0. The Bertz CT molecular complexity index is 508. The monoisotopic (exact) mass is 537 g/mol. The third kappa shape index (κ3) is 7.76. The third-order valence-corrected chi connectivity index (χ3v) is 6.42. The Balaban J connectivity index is 0.00000320. The van der Waals surface area contributed by atoms with Crippen LogP contribution in [0, 0.1) is 5.92 Å². The van der Waals surface area contributed by atoms with Crippen LogP contribution in [0.1, 0.15) is 46.5 Å². The van der Waals surface area contributed by atoms with Crippen molar-refractivity contribution in [2.45, 2.75) is 58.1 Å². The number of hydrogen-bond acceptors (Lipinski definition) is 5. The van der Waals surface area contributed by atoms with Gasteiger partial charge in [-0.05, 0) is 51.6 Å². The number of hydrogen-bond donors (Lipinski definition) is 2. The molecule has 2 N–H and O–H groups in total. The molecule has 0 aromatic heterocycles. The molecule has 30 heavy (non-hydrogen) atoms. The number of halogens is 1. The Morgan fingerprint density at radius 2 is 1.83 bits per heavy atom. The SMILES string of the molecule is CCNC(=NCC1(N2CCCC2)CCOCC1)NCC1CN(CC(C)C)CCO1.I. The quantitative estimate of drug-likeness (QED) is 0.281. The van der Waals surface area contributed by atoms with Crippen LogP contribution in [0.4, 0.5) is 0 Å². The van der Waals surface area contributed by atoms with Crippen LogP contribution in [0.5, 0.6) is 0 Å². The summed E-state index contributed by atoms with van der Waals surface area (Å²) in [5, 5.41) is 6.98. The first-order valence-corrected chi connectivity index (χ1v) is 11.8. The van der Waals surface area contributed by atoms with E-state index in [4.69, 9.17) is 14.5 Å². The molecule has 0 saturated carbocycles. The fourth-order valence-electron chi connectivity index (χ4n) is 4.88. The van der Waals surface area contributed by atoms with Gasteiger partial charge < -0.3 is 20.1 Å². The van der Waals surface area contributed by atoms with Crippen molar-refractivity contribution in [3.63, 3.8) is 0 Å². The Hall–Kier alpha value is -0.160. The van der Waals surface area contributed by atoms with Crippen LogP contribution in [0.2, 0.25) is 0 Å². The van der Waals surface area contributed by atoms with Gasteiger partial charge in [0, 0.05) is 51.5 Å². The topological polar surface area (TPSA) is 61.4 Å². The largest absolute Gasteiger partial charge is 0.381 e. The molecule has 3 aliphatic heterocycles. The normalized spacial score (nSPS) is 25.9. The zero-order valence-electron chi connectivity index (χ0n) is 19.3. The maximum Gasteiger partial charge on any atom is 0.191 e. The molecular formula is C22H44IN5O2. The second kappa shape index (κ2) is 13.4. The van der Waals surface area contributed by atoms with Gasteiger partial charge in [-0.25, -0.2) is 0 Å². The van der Waals surface area contributed by atoms with Gasteiger partial charge in [0.2, 0.25) is 0 Å². The van der Waals surface area contributed by atoms with Gasteiger partial charge in [-0.1, -0.05) is 13.8 Å². The average molecular weight is 538 g/mol. The second-order valence-corrected chi connectivity index (χ2v) is 9.25. The highest BCUT2D eigenvalue weighted by molar-refractivity contribution is 14.0. The van der Waals surface area contributed by atoms with Crippen molar-refractivity contribution >= 4 is 29.9 Å². The summed E-state index contributed by atoms with van der Waals surface area (Å²) in [5.41, 5.74) is 0.173. The fraction of sp³-hybridized carbons (Fsp3) is 0.955. The first kappa shape index (κ1) is 26.1. The number of morpholine rings is 1. The van der Waals surface area contributed by atoms with Gasteiger partial charge in [-0.15, -0.1) is 24.0 Å². The van der Waals surface area contributed by atoms with Gasteiger partial charge >= 0.3 is 0 Å². The molecule has 8 heteroatoms. The van der Waals surface area contributed by atoms with Gasteiger partial charge in [0.1, 0.15) is 0 Å². The number of aliphatic imine (C=N–C) groups is 1. The minimum absolute atomic E-state index is 0. The molecule has 3 saturated heterocycles. The van der Waals surface area contributed by atoms with E-state index in [9.17, 15) is 0 Å². The molecule has 0 radical (unpaired) electrons. The van der Waals surface area contributed by atoms with E-state index >= 15 is 0 Å². The maximum absolute atomic E-state index is 6.00. The number of guanidine groups is 1. The molecule has 0 aliphatic carbocycles. The fourth-order valence-corrected chi connectivity index (χ4v) is 4.88. The van der Waals surface area contributed by atoms with Gasteiger partial charge in [0.05, 0.1) is 19.3 Å². The van der Waals surface area contributed by atoms with E-state index in [0.29, 0.717) is 5.92 Å². The van der Waals surface area contributed by atoms with E-state index in [2.05, 4.69) is 41.2 Å². The summed E-state index contributed by atoms with van der Waals surface area (Å²) in [4.78, 5) is 10.2. The standard InChI is InChI=1S/C22H43N5O2.HI/c1-4-23-21(24-15-20-17-26(11-14-29-20)16-19(2)3)25-18-22(7-12-28-13-8-22)27-9-5-6-10-27;/h19-20H,4-18H2,1-3H3,(H2,23,24,25);1H. The Kier molecular flexibility index (Phi) is 11.7. The molecule has 3 heterocycles. The van der Waals surface area contributed by atoms with E-state index in [1.54, 1.807) is 0 Å². The van der Waals surface area contributed by atoms with E-state index in [1.165, 1.54) is 25.9 Å². The van der Waals surface area contributed by atoms with Crippen molar-refractivity contribution in [1.29, 1.82) is 0 Å². The van der Waals surface area contributed by atoms with Crippen LogP contribution in [-0.4, -0.2) is 99.6 Å². The van der Waals surface area contributed by atoms with Crippen molar-refractivity contribution in [2.24, 2.45) is 10.9 Å². The summed E-state index contributed by atoms with van der Waals surface area (Å²) < 4.78 is 11.7. The van der Waals surface area contributed by atoms with Crippen LogP contribution in [0.15, 0.2) is 4.99 Å². The number of rotatable bonds is 8. The van der Waals surface area contributed by atoms with Crippen molar-refractivity contribution in [1.82, 2.24) is 20.4 Å².